The SMILES string of the molecule is COCCN(CC(=O)OC)C(=O)c1cc2cc(Cl)ccc2o1. The lowest BCUT2D eigenvalue weighted by atomic mass is 10.2. The number of benzene rings is 1. The van der Waals surface area contributed by atoms with E-state index in [0.717, 1.165) is 5.39 Å². The van der Waals surface area contributed by atoms with Crippen molar-refractivity contribution < 1.29 is 23.5 Å². The first-order chi connectivity index (χ1) is 10.5. The maximum absolute atomic E-state index is 12.5. The first kappa shape index (κ1) is 16.3. The van der Waals surface area contributed by atoms with Crippen molar-refractivity contribution in [2.45, 2.75) is 0 Å². The van der Waals surface area contributed by atoms with Gasteiger partial charge >= 0.3 is 5.97 Å². The molecule has 0 atom stereocenters. The highest BCUT2D eigenvalue weighted by atomic mass is 35.5. The number of hydrogen-bond acceptors (Lipinski definition) is 5. The van der Waals surface area contributed by atoms with Crippen LogP contribution in [0.25, 0.3) is 11.0 Å². The molecule has 1 aromatic carbocycles. The summed E-state index contributed by atoms with van der Waals surface area (Å²) in [6.45, 7) is 0.382. The molecule has 0 saturated carbocycles. The highest BCUT2D eigenvalue weighted by Gasteiger charge is 2.22. The van der Waals surface area contributed by atoms with E-state index in [1.807, 2.05) is 0 Å². The van der Waals surface area contributed by atoms with E-state index >= 15 is 0 Å². The molecule has 0 aliphatic rings. The molecule has 22 heavy (non-hydrogen) atoms. The number of halogens is 1. The van der Waals surface area contributed by atoms with E-state index in [-0.39, 0.29) is 18.8 Å². The fourth-order valence-electron chi connectivity index (χ4n) is 1.95. The van der Waals surface area contributed by atoms with E-state index in [0.29, 0.717) is 17.2 Å². The molecule has 0 spiro atoms. The molecule has 6 nitrogen and oxygen atoms in total. The molecule has 0 radical (unpaired) electrons. The second-order valence-electron chi connectivity index (χ2n) is 4.59. The fourth-order valence-corrected chi connectivity index (χ4v) is 2.13. The van der Waals surface area contributed by atoms with Crippen LogP contribution in [0.4, 0.5) is 0 Å². The molecule has 1 aromatic heterocycles. The summed E-state index contributed by atoms with van der Waals surface area (Å²) in [5.74, 6) is -0.782. The highest BCUT2D eigenvalue weighted by molar-refractivity contribution is 6.31. The van der Waals surface area contributed by atoms with Gasteiger partial charge in [0, 0.05) is 24.1 Å². The van der Waals surface area contributed by atoms with Gasteiger partial charge in [0.1, 0.15) is 12.1 Å². The molecular weight excluding hydrogens is 310 g/mol. The van der Waals surface area contributed by atoms with Gasteiger partial charge < -0.3 is 18.8 Å². The Morgan fingerprint density at radius 1 is 1.27 bits per heavy atom. The second-order valence-corrected chi connectivity index (χ2v) is 5.02. The quantitative estimate of drug-likeness (QED) is 0.762. The van der Waals surface area contributed by atoms with Crippen LogP contribution in [0.3, 0.4) is 0 Å². The predicted octanol–water partition coefficient (Wildman–Crippen LogP) is 2.35. The van der Waals surface area contributed by atoms with Crippen molar-refractivity contribution in [3.63, 3.8) is 0 Å². The van der Waals surface area contributed by atoms with Gasteiger partial charge in [-0.3, -0.25) is 9.59 Å². The summed E-state index contributed by atoms with van der Waals surface area (Å²) < 4.78 is 15.1. The number of furan rings is 1. The Hall–Kier alpha value is -2.05. The summed E-state index contributed by atoms with van der Waals surface area (Å²) in [4.78, 5) is 25.2. The van der Waals surface area contributed by atoms with Crippen molar-refractivity contribution >= 4 is 34.4 Å². The first-order valence-electron chi connectivity index (χ1n) is 6.59. The maximum Gasteiger partial charge on any atom is 0.325 e. The maximum atomic E-state index is 12.5. The van der Waals surface area contributed by atoms with Crippen molar-refractivity contribution in [3.8, 4) is 0 Å². The molecule has 0 aliphatic heterocycles. The third-order valence-corrected chi connectivity index (χ3v) is 3.32. The molecule has 2 aromatic rings. The molecule has 0 N–H and O–H groups in total. The topological polar surface area (TPSA) is 69.0 Å². The van der Waals surface area contributed by atoms with Crippen molar-refractivity contribution in [1.29, 1.82) is 0 Å². The number of fused-ring (bicyclic) bond motifs is 1. The second kappa shape index (κ2) is 7.29. The van der Waals surface area contributed by atoms with E-state index in [4.69, 9.17) is 20.8 Å². The monoisotopic (exact) mass is 325 g/mol. The molecule has 0 unspecified atom stereocenters. The van der Waals surface area contributed by atoms with Crippen molar-refractivity contribution in [1.82, 2.24) is 4.90 Å². The number of esters is 1. The van der Waals surface area contributed by atoms with Gasteiger partial charge in [-0.25, -0.2) is 0 Å². The number of hydrogen-bond donors (Lipinski definition) is 0. The minimum absolute atomic E-state index is 0.136. The summed E-state index contributed by atoms with van der Waals surface area (Å²) in [6, 6.07) is 6.67. The molecule has 0 saturated heterocycles. The Balaban J connectivity index is 2.24. The lowest BCUT2D eigenvalue weighted by Gasteiger charge is -2.19. The van der Waals surface area contributed by atoms with E-state index in [1.54, 1.807) is 24.3 Å². The number of methoxy groups -OCH3 is 2. The minimum atomic E-state index is -0.511. The van der Waals surface area contributed by atoms with E-state index < -0.39 is 11.9 Å². The average Bonchev–Trinajstić information content (AvgIpc) is 2.93. The number of carbonyl (C=O) groups is 2. The van der Waals surface area contributed by atoms with Crippen molar-refractivity contribution in [3.05, 3.63) is 35.0 Å². The van der Waals surface area contributed by atoms with Gasteiger partial charge in [0.05, 0.1) is 13.7 Å². The van der Waals surface area contributed by atoms with Gasteiger partial charge in [-0.05, 0) is 24.3 Å². The molecule has 1 amide bonds. The van der Waals surface area contributed by atoms with Gasteiger partial charge in [0.2, 0.25) is 0 Å². The summed E-state index contributed by atoms with van der Waals surface area (Å²) >= 11 is 5.91. The number of rotatable bonds is 6. The van der Waals surface area contributed by atoms with Crippen molar-refractivity contribution in [2.75, 3.05) is 33.9 Å². The smallest absolute Gasteiger partial charge is 0.325 e. The Bertz CT molecular complexity index is 682. The number of nitrogens with zero attached hydrogens (tertiary/aromatic N) is 1. The standard InChI is InChI=1S/C15H16ClNO5/c1-20-6-5-17(9-14(18)21-2)15(19)13-8-10-7-11(16)3-4-12(10)22-13/h3-4,7-8H,5-6,9H2,1-2H3. The Kier molecular flexibility index (Phi) is 5.41. The number of ether oxygens (including phenoxy) is 2. The van der Waals surface area contributed by atoms with Crippen molar-refractivity contribution in [2.24, 2.45) is 0 Å². The lowest BCUT2D eigenvalue weighted by molar-refractivity contribution is -0.141. The third-order valence-electron chi connectivity index (χ3n) is 3.09. The van der Waals surface area contributed by atoms with E-state index in [2.05, 4.69) is 4.74 Å². The average molecular weight is 326 g/mol. The molecule has 118 valence electrons. The van der Waals surface area contributed by atoms with Crippen LogP contribution in [0.1, 0.15) is 10.6 Å². The van der Waals surface area contributed by atoms with Crippen LogP contribution in [0.15, 0.2) is 28.7 Å². The minimum Gasteiger partial charge on any atom is -0.468 e. The third kappa shape index (κ3) is 3.78. The van der Waals surface area contributed by atoms with E-state index in [9.17, 15) is 9.59 Å². The van der Waals surface area contributed by atoms with Crippen LogP contribution in [0.5, 0.6) is 0 Å². The zero-order chi connectivity index (χ0) is 16.1. The van der Waals surface area contributed by atoms with Gasteiger partial charge in [-0.2, -0.15) is 0 Å². The van der Waals surface area contributed by atoms with Crippen LogP contribution in [0.2, 0.25) is 5.02 Å². The van der Waals surface area contributed by atoms with Crippen LogP contribution in [-0.4, -0.2) is 50.7 Å². The zero-order valence-corrected chi connectivity index (χ0v) is 13.1. The van der Waals surface area contributed by atoms with Gasteiger partial charge in [0.15, 0.2) is 5.76 Å². The molecule has 1 heterocycles. The molecule has 0 aliphatic carbocycles. The molecule has 2 rings (SSSR count). The van der Waals surface area contributed by atoms with Crippen LogP contribution < -0.4 is 0 Å². The van der Waals surface area contributed by atoms with E-state index in [1.165, 1.54) is 19.1 Å². The summed E-state index contributed by atoms with van der Waals surface area (Å²) in [5.41, 5.74) is 0.553. The zero-order valence-electron chi connectivity index (χ0n) is 12.3. The van der Waals surface area contributed by atoms with Crippen LogP contribution >= 0.6 is 11.6 Å². The predicted molar refractivity (Wildman–Crippen MR) is 81.0 cm³/mol. The normalized spacial score (nSPS) is 10.7. The summed E-state index contributed by atoms with van der Waals surface area (Å²) in [7, 11) is 2.79. The highest BCUT2D eigenvalue weighted by Crippen LogP contribution is 2.23. The first-order valence-corrected chi connectivity index (χ1v) is 6.97. The molecule has 0 fully saturated rings. The largest absolute Gasteiger partial charge is 0.468 e. The van der Waals surface area contributed by atoms with Gasteiger partial charge in [-0.1, -0.05) is 11.6 Å². The fraction of sp³-hybridized carbons (Fsp3) is 0.333. The van der Waals surface area contributed by atoms with Gasteiger partial charge in [0.25, 0.3) is 5.91 Å². The summed E-state index contributed by atoms with van der Waals surface area (Å²) in [6.07, 6.45) is 0. The molecule has 0 bridgehead atoms. The van der Waals surface area contributed by atoms with Gasteiger partial charge in [-0.15, -0.1) is 0 Å². The lowest BCUT2D eigenvalue weighted by Crippen LogP contribution is -2.38. The molecule has 7 heteroatoms. The summed E-state index contributed by atoms with van der Waals surface area (Å²) in [5, 5.41) is 1.28. The van der Waals surface area contributed by atoms with Crippen LogP contribution in [0, 0.1) is 0 Å². The number of amides is 1. The Morgan fingerprint density at radius 3 is 2.73 bits per heavy atom. The van der Waals surface area contributed by atoms with Crippen LogP contribution in [-0.2, 0) is 14.3 Å². The Morgan fingerprint density at radius 2 is 2.05 bits per heavy atom. The number of carbonyl (C=O) groups excluding carboxylic acids is 2. The Labute approximate surface area is 132 Å². The molecular formula is C15H16ClNO5.